The first kappa shape index (κ1) is 18.6. The Labute approximate surface area is 158 Å². The SMILES string of the molecule is CCOc1cccc(C(=O)Nc2nonc2-c2cc(CC)ccc2CC)c1. The van der Waals surface area contributed by atoms with E-state index in [1.54, 1.807) is 18.2 Å². The van der Waals surface area contributed by atoms with Gasteiger partial charge in [0.25, 0.3) is 5.91 Å². The number of carbonyl (C=O) groups excluding carboxylic acids is 1. The highest BCUT2D eigenvalue weighted by molar-refractivity contribution is 6.05. The maximum Gasteiger partial charge on any atom is 0.257 e. The Balaban J connectivity index is 1.90. The van der Waals surface area contributed by atoms with Crippen molar-refractivity contribution in [1.82, 2.24) is 10.3 Å². The van der Waals surface area contributed by atoms with E-state index in [2.05, 4.69) is 47.7 Å². The number of hydrogen-bond donors (Lipinski definition) is 1. The molecule has 0 fully saturated rings. The van der Waals surface area contributed by atoms with Crippen LogP contribution in [-0.2, 0) is 12.8 Å². The van der Waals surface area contributed by atoms with Crippen LogP contribution in [0.4, 0.5) is 5.82 Å². The van der Waals surface area contributed by atoms with E-state index in [1.807, 2.05) is 13.0 Å². The molecule has 0 aliphatic carbocycles. The van der Waals surface area contributed by atoms with Crippen LogP contribution in [0.2, 0.25) is 0 Å². The molecule has 0 radical (unpaired) electrons. The van der Waals surface area contributed by atoms with Crippen LogP contribution < -0.4 is 10.1 Å². The molecule has 6 heteroatoms. The zero-order valence-electron chi connectivity index (χ0n) is 15.8. The van der Waals surface area contributed by atoms with Gasteiger partial charge in [-0.1, -0.05) is 32.0 Å². The van der Waals surface area contributed by atoms with E-state index in [0.717, 1.165) is 24.0 Å². The summed E-state index contributed by atoms with van der Waals surface area (Å²) >= 11 is 0. The molecule has 2 aromatic carbocycles. The fourth-order valence-electron chi connectivity index (χ4n) is 2.89. The standard InChI is InChI=1S/C21H23N3O3/c1-4-14-10-11-15(5-2)18(12-14)19-20(24-27-23-19)22-21(25)16-8-7-9-17(13-16)26-6-3/h7-13H,4-6H2,1-3H3,(H,22,24,25). The number of amides is 1. The lowest BCUT2D eigenvalue weighted by molar-refractivity contribution is 0.102. The average molecular weight is 365 g/mol. The Kier molecular flexibility index (Phi) is 5.86. The molecule has 3 rings (SSSR count). The highest BCUT2D eigenvalue weighted by Gasteiger charge is 2.19. The minimum atomic E-state index is -0.293. The summed E-state index contributed by atoms with van der Waals surface area (Å²) in [5, 5.41) is 10.7. The molecule has 1 N–H and O–H groups in total. The van der Waals surface area contributed by atoms with E-state index in [9.17, 15) is 4.79 Å². The molecule has 1 aromatic heterocycles. The summed E-state index contributed by atoms with van der Waals surface area (Å²) in [6.07, 6.45) is 1.75. The third-order valence-corrected chi connectivity index (χ3v) is 4.35. The van der Waals surface area contributed by atoms with E-state index >= 15 is 0 Å². The van der Waals surface area contributed by atoms with Crippen LogP contribution in [0, 0.1) is 0 Å². The molecule has 27 heavy (non-hydrogen) atoms. The number of nitrogens with one attached hydrogen (secondary N) is 1. The molecule has 0 atom stereocenters. The van der Waals surface area contributed by atoms with Gasteiger partial charge in [0.2, 0.25) is 5.82 Å². The molecule has 0 saturated heterocycles. The van der Waals surface area contributed by atoms with Crippen molar-refractivity contribution in [3.8, 4) is 17.0 Å². The Morgan fingerprint density at radius 1 is 1.07 bits per heavy atom. The third kappa shape index (κ3) is 4.16. The van der Waals surface area contributed by atoms with E-state index in [1.165, 1.54) is 5.56 Å². The van der Waals surface area contributed by atoms with Gasteiger partial charge >= 0.3 is 0 Å². The summed E-state index contributed by atoms with van der Waals surface area (Å²) in [6, 6.07) is 13.3. The van der Waals surface area contributed by atoms with E-state index in [4.69, 9.17) is 9.37 Å². The van der Waals surface area contributed by atoms with Gasteiger partial charge in [0, 0.05) is 11.1 Å². The quantitative estimate of drug-likeness (QED) is 0.666. The van der Waals surface area contributed by atoms with Crippen LogP contribution in [-0.4, -0.2) is 22.8 Å². The summed E-state index contributed by atoms with van der Waals surface area (Å²) in [5.41, 5.74) is 4.25. The molecule has 3 aromatic rings. The third-order valence-electron chi connectivity index (χ3n) is 4.35. The number of rotatable bonds is 7. The molecule has 0 aliphatic heterocycles. The molecule has 1 heterocycles. The highest BCUT2D eigenvalue weighted by Crippen LogP contribution is 2.30. The van der Waals surface area contributed by atoms with Crippen LogP contribution in [0.5, 0.6) is 5.75 Å². The predicted octanol–water partition coefficient (Wildman–Crippen LogP) is 4.51. The molecular formula is C21H23N3O3. The second kappa shape index (κ2) is 8.49. The fraction of sp³-hybridized carbons (Fsp3) is 0.286. The van der Waals surface area contributed by atoms with Crippen molar-refractivity contribution < 1.29 is 14.2 Å². The van der Waals surface area contributed by atoms with Crippen LogP contribution in [0.15, 0.2) is 47.1 Å². The molecule has 0 bridgehead atoms. The van der Waals surface area contributed by atoms with Crippen LogP contribution in [0.25, 0.3) is 11.3 Å². The smallest absolute Gasteiger partial charge is 0.257 e. The van der Waals surface area contributed by atoms with Gasteiger partial charge in [-0.2, -0.15) is 0 Å². The first-order valence-electron chi connectivity index (χ1n) is 9.15. The van der Waals surface area contributed by atoms with Crippen molar-refractivity contribution >= 4 is 11.7 Å². The number of aryl methyl sites for hydroxylation is 2. The van der Waals surface area contributed by atoms with E-state index in [0.29, 0.717) is 29.4 Å². The van der Waals surface area contributed by atoms with Crippen LogP contribution in [0.3, 0.4) is 0 Å². The summed E-state index contributed by atoms with van der Waals surface area (Å²) in [6.45, 7) is 6.61. The lowest BCUT2D eigenvalue weighted by Crippen LogP contribution is -2.13. The van der Waals surface area contributed by atoms with Crippen molar-refractivity contribution in [3.05, 3.63) is 59.2 Å². The van der Waals surface area contributed by atoms with E-state index in [-0.39, 0.29) is 5.91 Å². The highest BCUT2D eigenvalue weighted by atomic mass is 16.6. The molecule has 0 spiro atoms. The van der Waals surface area contributed by atoms with Gasteiger partial charge in [0.1, 0.15) is 5.75 Å². The first-order valence-corrected chi connectivity index (χ1v) is 9.15. The number of hydrogen-bond acceptors (Lipinski definition) is 5. The largest absolute Gasteiger partial charge is 0.494 e. The normalized spacial score (nSPS) is 10.6. The Morgan fingerprint density at radius 3 is 2.67 bits per heavy atom. The van der Waals surface area contributed by atoms with Crippen LogP contribution in [0.1, 0.15) is 42.3 Å². The monoisotopic (exact) mass is 365 g/mol. The molecule has 0 saturated carbocycles. The minimum absolute atomic E-state index is 0.293. The summed E-state index contributed by atoms with van der Waals surface area (Å²) in [7, 11) is 0. The van der Waals surface area contributed by atoms with Gasteiger partial charge in [-0.05, 0) is 65.5 Å². The zero-order valence-corrected chi connectivity index (χ0v) is 15.8. The van der Waals surface area contributed by atoms with E-state index < -0.39 is 0 Å². The Bertz CT molecular complexity index is 934. The van der Waals surface area contributed by atoms with Crippen molar-refractivity contribution in [2.24, 2.45) is 0 Å². The molecule has 0 unspecified atom stereocenters. The lowest BCUT2D eigenvalue weighted by atomic mass is 9.98. The first-order chi connectivity index (χ1) is 13.2. The minimum Gasteiger partial charge on any atom is -0.494 e. The van der Waals surface area contributed by atoms with Crippen molar-refractivity contribution in [1.29, 1.82) is 0 Å². The molecular weight excluding hydrogens is 342 g/mol. The van der Waals surface area contributed by atoms with Crippen molar-refractivity contribution in [2.45, 2.75) is 33.6 Å². The van der Waals surface area contributed by atoms with Crippen molar-refractivity contribution in [3.63, 3.8) is 0 Å². The second-order valence-electron chi connectivity index (χ2n) is 6.08. The molecule has 1 amide bonds. The zero-order chi connectivity index (χ0) is 19.2. The fourth-order valence-corrected chi connectivity index (χ4v) is 2.89. The number of ether oxygens (including phenoxy) is 1. The van der Waals surface area contributed by atoms with Gasteiger partial charge in [-0.25, -0.2) is 4.63 Å². The van der Waals surface area contributed by atoms with Gasteiger partial charge in [0.05, 0.1) is 6.61 Å². The van der Waals surface area contributed by atoms with Crippen molar-refractivity contribution in [2.75, 3.05) is 11.9 Å². The second-order valence-corrected chi connectivity index (χ2v) is 6.08. The molecule has 0 aliphatic rings. The predicted molar refractivity (Wildman–Crippen MR) is 104 cm³/mol. The topological polar surface area (TPSA) is 77.2 Å². The number of carbonyl (C=O) groups is 1. The maximum absolute atomic E-state index is 12.7. The number of aromatic nitrogens is 2. The molecule has 6 nitrogen and oxygen atoms in total. The Hall–Kier alpha value is -3.15. The summed E-state index contributed by atoms with van der Waals surface area (Å²) in [4.78, 5) is 12.7. The number of anilines is 1. The van der Waals surface area contributed by atoms with Gasteiger partial charge in [0.15, 0.2) is 5.69 Å². The summed E-state index contributed by atoms with van der Waals surface area (Å²) in [5.74, 6) is 0.663. The summed E-state index contributed by atoms with van der Waals surface area (Å²) < 4.78 is 10.4. The Morgan fingerprint density at radius 2 is 1.93 bits per heavy atom. The lowest BCUT2D eigenvalue weighted by Gasteiger charge is -2.09. The van der Waals surface area contributed by atoms with Gasteiger partial charge in [-0.3, -0.25) is 4.79 Å². The molecule has 140 valence electrons. The number of nitrogens with zero attached hydrogens (tertiary/aromatic N) is 2. The maximum atomic E-state index is 12.7. The van der Waals surface area contributed by atoms with Gasteiger partial charge in [-0.15, -0.1) is 0 Å². The van der Waals surface area contributed by atoms with Gasteiger partial charge < -0.3 is 10.1 Å². The van der Waals surface area contributed by atoms with Crippen LogP contribution >= 0.6 is 0 Å². The average Bonchev–Trinajstić information content (AvgIpc) is 3.15. The number of benzene rings is 2.